The maximum Gasteiger partial charge on any atom is 0.236 e. The molecule has 118 valence electrons. The summed E-state index contributed by atoms with van der Waals surface area (Å²) in [5.41, 5.74) is 0.323. The molecule has 0 spiro atoms. The lowest BCUT2D eigenvalue weighted by atomic mass is 10.3. The molecule has 3 rings (SSSR count). The standard InChI is InChI=1S/C13H10FN5O2S2/c14-8-3-1-2-4-9(8)15-12-17-18-13(23-12)22-7-11(20)16-10-5-6-21-19-10/h1-6H,7H2,(H,15,17)(H,16,19,20). The lowest BCUT2D eigenvalue weighted by Crippen LogP contribution is -2.14. The van der Waals surface area contributed by atoms with E-state index in [4.69, 9.17) is 0 Å². The zero-order valence-electron chi connectivity index (χ0n) is 11.5. The molecule has 0 saturated carbocycles. The smallest absolute Gasteiger partial charge is 0.236 e. The molecule has 23 heavy (non-hydrogen) atoms. The number of amides is 1. The number of anilines is 3. The average molecular weight is 351 g/mol. The van der Waals surface area contributed by atoms with E-state index in [1.54, 1.807) is 24.3 Å². The number of rotatable bonds is 6. The first-order chi connectivity index (χ1) is 11.2. The number of halogens is 1. The monoisotopic (exact) mass is 351 g/mol. The van der Waals surface area contributed by atoms with Crippen molar-refractivity contribution in [1.82, 2.24) is 15.4 Å². The number of para-hydroxylation sites is 1. The summed E-state index contributed by atoms with van der Waals surface area (Å²) < 4.78 is 18.8. The Bertz CT molecular complexity index is 793. The van der Waals surface area contributed by atoms with Gasteiger partial charge in [-0.25, -0.2) is 4.39 Å². The maximum absolute atomic E-state index is 13.5. The van der Waals surface area contributed by atoms with Crippen LogP contribution in [0.3, 0.4) is 0 Å². The molecule has 0 aliphatic carbocycles. The lowest BCUT2D eigenvalue weighted by molar-refractivity contribution is -0.113. The second-order valence-corrected chi connectivity index (χ2v) is 6.40. The first-order valence-corrected chi connectivity index (χ1v) is 8.19. The minimum Gasteiger partial charge on any atom is -0.363 e. The van der Waals surface area contributed by atoms with E-state index in [9.17, 15) is 9.18 Å². The van der Waals surface area contributed by atoms with Crippen molar-refractivity contribution in [1.29, 1.82) is 0 Å². The number of nitrogens with one attached hydrogen (secondary N) is 2. The quantitative estimate of drug-likeness (QED) is 0.659. The van der Waals surface area contributed by atoms with Crippen LogP contribution < -0.4 is 10.6 Å². The number of benzene rings is 1. The van der Waals surface area contributed by atoms with Crippen LogP contribution in [0.1, 0.15) is 0 Å². The maximum atomic E-state index is 13.5. The third-order valence-electron chi connectivity index (χ3n) is 2.55. The lowest BCUT2D eigenvalue weighted by Gasteiger charge is -2.01. The van der Waals surface area contributed by atoms with Gasteiger partial charge < -0.3 is 15.2 Å². The predicted molar refractivity (Wildman–Crippen MR) is 85.4 cm³/mol. The van der Waals surface area contributed by atoms with Crippen LogP contribution in [0.25, 0.3) is 0 Å². The number of carbonyl (C=O) groups is 1. The molecule has 0 aliphatic rings. The number of hydrogen-bond donors (Lipinski definition) is 2. The van der Waals surface area contributed by atoms with Gasteiger partial charge in [-0.1, -0.05) is 40.4 Å². The molecule has 2 aromatic heterocycles. The average Bonchev–Trinajstić information content (AvgIpc) is 3.19. The Morgan fingerprint density at radius 1 is 1.30 bits per heavy atom. The summed E-state index contributed by atoms with van der Waals surface area (Å²) in [5, 5.41) is 17.3. The van der Waals surface area contributed by atoms with Gasteiger partial charge in [0.15, 0.2) is 10.2 Å². The molecule has 0 saturated heterocycles. The van der Waals surface area contributed by atoms with Gasteiger partial charge in [-0.3, -0.25) is 4.79 Å². The first kappa shape index (κ1) is 15.4. The molecule has 0 bridgehead atoms. The molecule has 0 radical (unpaired) electrons. The van der Waals surface area contributed by atoms with Crippen molar-refractivity contribution in [2.75, 3.05) is 16.4 Å². The van der Waals surface area contributed by atoms with Crippen LogP contribution in [0, 0.1) is 5.82 Å². The fourth-order valence-electron chi connectivity index (χ4n) is 1.58. The van der Waals surface area contributed by atoms with Crippen molar-refractivity contribution >= 4 is 45.6 Å². The van der Waals surface area contributed by atoms with Crippen molar-refractivity contribution < 1.29 is 13.7 Å². The highest BCUT2D eigenvalue weighted by atomic mass is 32.2. The van der Waals surface area contributed by atoms with E-state index in [1.165, 1.54) is 35.4 Å². The van der Waals surface area contributed by atoms with E-state index in [2.05, 4.69) is 30.5 Å². The molecule has 1 aromatic carbocycles. The molecule has 10 heteroatoms. The van der Waals surface area contributed by atoms with Gasteiger partial charge in [0.05, 0.1) is 11.4 Å². The highest BCUT2D eigenvalue weighted by Crippen LogP contribution is 2.28. The molecule has 0 aliphatic heterocycles. The third-order valence-corrected chi connectivity index (χ3v) is 4.53. The Hall–Kier alpha value is -2.46. The van der Waals surface area contributed by atoms with Crippen molar-refractivity contribution in [3.63, 3.8) is 0 Å². The zero-order valence-corrected chi connectivity index (χ0v) is 13.2. The summed E-state index contributed by atoms with van der Waals surface area (Å²) in [5.74, 6) is -0.0948. The third kappa shape index (κ3) is 4.27. The number of hydrogen-bond acceptors (Lipinski definition) is 8. The molecular formula is C13H10FN5O2S2. The minimum absolute atomic E-state index is 0.154. The van der Waals surface area contributed by atoms with E-state index in [1.807, 2.05) is 0 Å². The Balaban J connectivity index is 1.53. The first-order valence-electron chi connectivity index (χ1n) is 6.39. The molecule has 7 nitrogen and oxygen atoms in total. The normalized spacial score (nSPS) is 10.5. The highest BCUT2D eigenvalue weighted by Gasteiger charge is 2.10. The Morgan fingerprint density at radius 2 is 2.17 bits per heavy atom. The van der Waals surface area contributed by atoms with Crippen molar-refractivity contribution in [3.8, 4) is 0 Å². The van der Waals surface area contributed by atoms with Crippen molar-refractivity contribution in [3.05, 3.63) is 42.4 Å². The Kier molecular flexibility index (Phi) is 4.83. The van der Waals surface area contributed by atoms with E-state index in [-0.39, 0.29) is 17.5 Å². The summed E-state index contributed by atoms with van der Waals surface area (Å²) in [6, 6.07) is 7.83. The summed E-state index contributed by atoms with van der Waals surface area (Å²) in [7, 11) is 0. The summed E-state index contributed by atoms with van der Waals surface area (Å²) in [6.07, 6.45) is 1.37. The summed E-state index contributed by atoms with van der Waals surface area (Å²) in [6.45, 7) is 0. The van der Waals surface area contributed by atoms with Gasteiger partial charge in [0.25, 0.3) is 0 Å². The van der Waals surface area contributed by atoms with Gasteiger partial charge in [-0.05, 0) is 12.1 Å². The van der Waals surface area contributed by atoms with Crippen LogP contribution in [0.4, 0.5) is 21.0 Å². The largest absolute Gasteiger partial charge is 0.363 e. The number of nitrogens with zero attached hydrogens (tertiary/aromatic N) is 3. The number of aromatic nitrogens is 3. The second kappa shape index (κ2) is 7.20. The van der Waals surface area contributed by atoms with Crippen LogP contribution in [-0.2, 0) is 4.79 Å². The predicted octanol–water partition coefficient (Wildman–Crippen LogP) is 3.14. The van der Waals surface area contributed by atoms with Crippen LogP contribution in [0.5, 0.6) is 0 Å². The van der Waals surface area contributed by atoms with E-state index in [0.717, 1.165) is 0 Å². The van der Waals surface area contributed by atoms with E-state index >= 15 is 0 Å². The molecular weight excluding hydrogens is 341 g/mol. The molecule has 2 N–H and O–H groups in total. The van der Waals surface area contributed by atoms with Crippen LogP contribution in [0.15, 0.2) is 45.5 Å². The van der Waals surface area contributed by atoms with Crippen LogP contribution in [-0.4, -0.2) is 27.0 Å². The van der Waals surface area contributed by atoms with E-state index < -0.39 is 0 Å². The van der Waals surface area contributed by atoms with Crippen LogP contribution in [0.2, 0.25) is 0 Å². The SMILES string of the molecule is O=C(CSc1nnc(Nc2ccccc2F)s1)Nc1ccon1. The summed E-state index contributed by atoms with van der Waals surface area (Å²) in [4.78, 5) is 11.7. The van der Waals surface area contributed by atoms with Crippen LogP contribution >= 0.6 is 23.1 Å². The van der Waals surface area contributed by atoms with E-state index in [0.29, 0.717) is 21.0 Å². The fraction of sp³-hybridized carbons (Fsp3) is 0.0769. The molecule has 2 heterocycles. The molecule has 0 atom stereocenters. The Morgan fingerprint density at radius 3 is 2.96 bits per heavy atom. The molecule has 3 aromatic rings. The molecule has 1 amide bonds. The molecule has 0 unspecified atom stereocenters. The zero-order chi connectivity index (χ0) is 16.1. The number of carbonyl (C=O) groups excluding carboxylic acids is 1. The fourth-order valence-corrected chi connectivity index (χ4v) is 3.14. The highest BCUT2D eigenvalue weighted by molar-refractivity contribution is 8.01. The van der Waals surface area contributed by atoms with Gasteiger partial charge in [-0.2, -0.15) is 0 Å². The van der Waals surface area contributed by atoms with Gasteiger partial charge >= 0.3 is 0 Å². The van der Waals surface area contributed by atoms with Crippen molar-refractivity contribution in [2.24, 2.45) is 0 Å². The summed E-state index contributed by atoms with van der Waals surface area (Å²) >= 11 is 2.46. The second-order valence-electron chi connectivity index (χ2n) is 4.20. The number of thioether (sulfide) groups is 1. The Labute approximate surface area is 138 Å². The minimum atomic E-state index is -0.371. The van der Waals surface area contributed by atoms with Gasteiger partial charge in [0, 0.05) is 6.07 Å². The topological polar surface area (TPSA) is 92.9 Å². The van der Waals surface area contributed by atoms with Gasteiger partial charge in [0.2, 0.25) is 11.0 Å². The van der Waals surface area contributed by atoms with Crippen molar-refractivity contribution in [2.45, 2.75) is 4.34 Å². The molecule has 0 fully saturated rings. The van der Waals surface area contributed by atoms with Gasteiger partial charge in [-0.15, -0.1) is 10.2 Å². The van der Waals surface area contributed by atoms with Gasteiger partial charge in [0.1, 0.15) is 12.1 Å².